The van der Waals surface area contributed by atoms with E-state index in [0.29, 0.717) is 12.5 Å². The fourth-order valence-electron chi connectivity index (χ4n) is 2.95. The van der Waals surface area contributed by atoms with E-state index in [0.717, 1.165) is 12.8 Å². The minimum Gasteiger partial charge on any atom is -0.469 e. The summed E-state index contributed by atoms with van der Waals surface area (Å²) in [5.41, 5.74) is 2.78. The number of methoxy groups -OCH3 is 1. The predicted octanol–water partition coefficient (Wildman–Crippen LogP) is 3.63. The highest BCUT2D eigenvalue weighted by atomic mass is 32.1. The second-order valence-electron chi connectivity index (χ2n) is 5.31. The van der Waals surface area contributed by atoms with E-state index in [1.165, 1.54) is 23.1 Å². The van der Waals surface area contributed by atoms with Crippen LogP contribution in [-0.4, -0.2) is 13.1 Å². The zero-order valence-corrected chi connectivity index (χ0v) is 12.9. The van der Waals surface area contributed by atoms with E-state index in [4.69, 9.17) is 4.74 Å². The number of nitrogens with one attached hydrogen (secondary N) is 1. The molecule has 0 bridgehead atoms. The van der Waals surface area contributed by atoms with Gasteiger partial charge in [-0.15, -0.1) is 11.3 Å². The quantitative estimate of drug-likeness (QED) is 0.857. The van der Waals surface area contributed by atoms with E-state index in [9.17, 15) is 4.79 Å². The molecule has 0 spiro atoms. The van der Waals surface area contributed by atoms with E-state index < -0.39 is 0 Å². The van der Waals surface area contributed by atoms with E-state index in [1.54, 1.807) is 11.3 Å². The molecule has 3 rings (SSSR count). The molecule has 4 heteroatoms. The maximum absolute atomic E-state index is 11.7. The Kier molecular flexibility index (Phi) is 4.36. The molecule has 1 N–H and O–H groups in total. The molecule has 110 valence electrons. The summed E-state index contributed by atoms with van der Waals surface area (Å²) in [4.78, 5) is 12.9. The van der Waals surface area contributed by atoms with Crippen LogP contribution < -0.4 is 5.32 Å². The number of thiophene rings is 1. The van der Waals surface area contributed by atoms with Crippen LogP contribution in [0.5, 0.6) is 0 Å². The number of hydrogen-bond donors (Lipinski definition) is 1. The molecule has 0 saturated heterocycles. The van der Waals surface area contributed by atoms with E-state index in [2.05, 4.69) is 35.6 Å². The average molecular weight is 301 g/mol. The summed E-state index contributed by atoms with van der Waals surface area (Å²) >= 11 is 1.68. The highest BCUT2D eigenvalue weighted by Crippen LogP contribution is 2.34. The summed E-state index contributed by atoms with van der Waals surface area (Å²) < 4.78 is 4.84. The van der Waals surface area contributed by atoms with E-state index >= 15 is 0 Å². The Labute approximate surface area is 129 Å². The molecule has 1 aromatic carbocycles. The molecule has 2 atom stereocenters. The van der Waals surface area contributed by atoms with Gasteiger partial charge in [0, 0.05) is 10.9 Å². The molecular weight excluding hydrogens is 282 g/mol. The number of carbonyl (C=O) groups is 1. The van der Waals surface area contributed by atoms with Gasteiger partial charge in [-0.2, -0.15) is 0 Å². The Bertz CT molecular complexity index is 609. The second-order valence-corrected chi connectivity index (χ2v) is 6.28. The van der Waals surface area contributed by atoms with Crippen LogP contribution in [0.25, 0.3) is 0 Å². The average Bonchev–Trinajstić information content (AvgIpc) is 3.16. The van der Waals surface area contributed by atoms with Gasteiger partial charge in [0.05, 0.1) is 19.6 Å². The monoisotopic (exact) mass is 301 g/mol. The fraction of sp³-hybridized carbons (Fsp3) is 0.353. The highest BCUT2D eigenvalue weighted by Gasteiger charge is 2.26. The number of hydrogen-bond acceptors (Lipinski definition) is 4. The number of rotatable bonds is 5. The third-order valence-electron chi connectivity index (χ3n) is 4.02. The second kappa shape index (κ2) is 6.41. The van der Waals surface area contributed by atoms with E-state index in [1.807, 2.05) is 11.4 Å². The molecule has 0 saturated carbocycles. The largest absolute Gasteiger partial charge is 0.469 e. The summed E-state index contributed by atoms with van der Waals surface area (Å²) in [6.07, 6.45) is 2.56. The van der Waals surface area contributed by atoms with E-state index in [-0.39, 0.29) is 12.0 Å². The van der Waals surface area contributed by atoms with Crippen molar-refractivity contribution in [2.45, 2.75) is 31.3 Å². The van der Waals surface area contributed by atoms with Gasteiger partial charge >= 0.3 is 5.97 Å². The van der Waals surface area contributed by atoms with Crippen molar-refractivity contribution in [1.29, 1.82) is 0 Å². The van der Waals surface area contributed by atoms with Crippen LogP contribution in [0.3, 0.4) is 0 Å². The predicted molar refractivity (Wildman–Crippen MR) is 84.3 cm³/mol. The lowest BCUT2D eigenvalue weighted by molar-refractivity contribution is -0.141. The Balaban J connectivity index is 1.78. The van der Waals surface area contributed by atoms with Crippen LogP contribution in [-0.2, 0) is 16.0 Å². The topological polar surface area (TPSA) is 38.3 Å². The summed E-state index contributed by atoms with van der Waals surface area (Å²) in [6, 6.07) is 13.0. The van der Waals surface area contributed by atoms with Crippen molar-refractivity contribution in [3.63, 3.8) is 0 Å². The number of aryl methyl sites for hydroxylation is 1. The summed E-state index contributed by atoms with van der Waals surface area (Å²) in [5, 5.41) is 5.69. The normalized spacial score (nSPS) is 18.2. The van der Waals surface area contributed by atoms with Gasteiger partial charge in [0.15, 0.2) is 0 Å². The van der Waals surface area contributed by atoms with Gasteiger partial charge in [0.25, 0.3) is 0 Å². The Hall–Kier alpha value is -1.65. The Morgan fingerprint density at radius 2 is 2.24 bits per heavy atom. The van der Waals surface area contributed by atoms with Crippen LogP contribution in [0.1, 0.15) is 40.9 Å². The van der Waals surface area contributed by atoms with Crippen LogP contribution in [0, 0.1) is 0 Å². The van der Waals surface area contributed by atoms with Crippen molar-refractivity contribution in [2.75, 3.05) is 7.11 Å². The minimum absolute atomic E-state index is 0.0219. The molecule has 0 amide bonds. The van der Waals surface area contributed by atoms with Gasteiger partial charge in [0.1, 0.15) is 0 Å². The van der Waals surface area contributed by atoms with Crippen molar-refractivity contribution in [1.82, 2.24) is 5.32 Å². The van der Waals surface area contributed by atoms with Crippen LogP contribution in [0.2, 0.25) is 0 Å². The molecule has 1 aliphatic rings. The Morgan fingerprint density at radius 3 is 3.00 bits per heavy atom. The first kappa shape index (κ1) is 14.3. The van der Waals surface area contributed by atoms with Gasteiger partial charge in [-0.25, -0.2) is 0 Å². The zero-order valence-electron chi connectivity index (χ0n) is 12.0. The SMILES string of the molecule is COC(=O)CC(NC1CCc2ccccc21)c1cccs1. The molecular formula is C17H19NO2S. The number of esters is 1. The van der Waals surface area contributed by atoms with Crippen molar-refractivity contribution in [2.24, 2.45) is 0 Å². The molecule has 0 aliphatic heterocycles. The van der Waals surface area contributed by atoms with Gasteiger partial charge in [-0.3, -0.25) is 4.79 Å². The molecule has 0 fully saturated rings. The lowest BCUT2D eigenvalue weighted by Crippen LogP contribution is -2.27. The number of carbonyl (C=O) groups excluding carboxylic acids is 1. The van der Waals surface area contributed by atoms with Crippen LogP contribution >= 0.6 is 11.3 Å². The summed E-state index contributed by atoms with van der Waals surface area (Å²) in [6.45, 7) is 0. The van der Waals surface area contributed by atoms with Crippen molar-refractivity contribution in [3.05, 3.63) is 57.8 Å². The molecule has 2 aromatic rings. The lowest BCUT2D eigenvalue weighted by Gasteiger charge is -2.22. The molecule has 1 aliphatic carbocycles. The highest BCUT2D eigenvalue weighted by molar-refractivity contribution is 7.10. The number of fused-ring (bicyclic) bond motifs is 1. The maximum Gasteiger partial charge on any atom is 0.307 e. The standard InChI is InChI=1S/C17H19NO2S/c1-20-17(19)11-15(16-7-4-10-21-16)18-14-9-8-12-5-2-3-6-13(12)14/h2-7,10,14-15,18H,8-9,11H2,1H3. The number of ether oxygens (including phenoxy) is 1. The zero-order chi connectivity index (χ0) is 14.7. The first-order chi connectivity index (χ1) is 10.3. The number of benzene rings is 1. The molecule has 1 heterocycles. The van der Waals surface area contributed by atoms with Crippen molar-refractivity contribution < 1.29 is 9.53 Å². The Morgan fingerprint density at radius 1 is 1.38 bits per heavy atom. The summed E-state index contributed by atoms with van der Waals surface area (Å²) in [7, 11) is 1.44. The van der Waals surface area contributed by atoms with Crippen molar-refractivity contribution >= 4 is 17.3 Å². The third-order valence-corrected chi connectivity index (χ3v) is 5.01. The lowest BCUT2D eigenvalue weighted by atomic mass is 10.1. The van der Waals surface area contributed by atoms with Crippen LogP contribution in [0.4, 0.5) is 0 Å². The van der Waals surface area contributed by atoms with Gasteiger partial charge in [-0.1, -0.05) is 30.3 Å². The first-order valence-corrected chi connectivity index (χ1v) is 8.10. The molecule has 0 radical (unpaired) electrons. The molecule has 1 aromatic heterocycles. The molecule has 3 nitrogen and oxygen atoms in total. The van der Waals surface area contributed by atoms with Crippen LogP contribution in [0.15, 0.2) is 41.8 Å². The summed E-state index contributed by atoms with van der Waals surface area (Å²) in [5.74, 6) is -0.174. The minimum atomic E-state index is -0.174. The smallest absolute Gasteiger partial charge is 0.307 e. The van der Waals surface area contributed by atoms with Crippen molar-refractivity contribution in [3.8, 4) is 0 Å². The van der Waals surface area contributed by atoms with Gasteiger partial charge < -0.3 is 10.1 Å². The molecule has 21 heavy (non-hydrogen) atoms. The first-order valence-electron chi connectivity index (χ1n) is 7.22. The fourth-order valence-corrected chi connectivity index (χ4v) is 3.74. The van der Waals surface area contributed by atoms with Gasteiger partial charge in [0.2, 0.25) is 0 Å². The van der Waals surface area contributed by atoms with Gasteiger partial charge in [-0.05, 0) is 35.4 Å². The maximum atomic E-state index is 11.7. The third kappa shape index (κ3) is 3.17. The molecule has 2 unspecified atom stereocenters.